The molecule has 2 aliphatic rings. The molecule has 0 saturated carbocycles. The van der Waals surface area contributed by atoms with Crippen LogP contribution in [0.15, 0.2) is 54.6 Å². The summed E-state index contributed by atoms with van der Waals surface area (Å²) in [7, 11) is 0. The van der Waals surface area contributed by atoms with E-state index in [1.54, 1.807) is 0 Å². The van der Waals surface area contributed by atoms with Crippen LogP contribution in [0.1, 0.15) is 24.8 Å². The molecular formula is C23H30N2O2. The molecule has 2 N–H and O–H groups in total. The van der Waals surface area contributed by atoms with Crippen molar-refractivity contribution in [1.29, 1.82) is 0 Å². The summed E-state index contributed by atoms with van der Waals surface area (Å²) in [4.78, 5) is 4.74. The van der Waals surface area contributed by atoms with Gasteiger partial charge in [-0.05, 0) is 36.0 Å². The molecule has 2 atom stereocenters. The monoisotopic (exact) mass is 366 g/mol. The average molecular weight is 367 g/mol. The van der Waals surface area contributed by atoms with E-state index in [9.17, 15) is 10.2 Å². The van der Waals surface area contributed by atoms with Gasteiger partial charge in [0.2, 0.25) is 0 Å². The maximum Gasteiger partial charge on any atom is 0.0822 e. The molecular weight excluding hydrogens is 336 g/mol. The van der Waals surface area contributed by atoms with E-state index in [-0.39, 0.29) is 18.2 Å². The SMILES string of the molecule is OC1CCN([C@@H]2CCN(Cc3ccc(-c4ccccc4)cc3)C[C@H]2O)CC1. The third-order valence-electron chi connectivity index (χ3n) is 6.07. The van der Waals surface area contributed by atoms with Crippen LogP contribution in [-0.4, -0.2) is 64.4 Å². The normalized spacial score (nSPS) is 25.6. The van der Waals surface area contributed by atoms with Crippen LogP contribution in [0.5, 0.6) is 0 Å². The molecule has 0 bridgehead atoms. The van der Waals surface area contributed by atoms with Gasteiger partial charge in [0, 0.05) is 38.8 Å². The Hall–Kier alpha value is -1.72. The Morgan fingerprint density at radius 1 is 0.778 bits per heavy atom. The molecule has 2 aliphatic heterocycles. The van der Waals surface area contributed by atoms with Gasteiger partial charge in [-0.1, -0.05) is 54.6 Å². The van der Waals surface area contributed by atoms with Crippen LogP contribution >= 0.6 is 0 Å². The van der Waals surface area contributed by atoms with Crippen LogP contribution in [0.3, 0.4) is 0 Å². The molecule has 4 heteroatoms. The van der Waals surface area contributed by atoms with Crippen LogP contribution in [0.25, 0.3) is 11.1 Å². The summed E-state index contributed by atoms with van der Waals surface area (Å²) in [6.07, 6.45) is 2.20. The number of hydrogen-bond donors (Lipinski definition) is 2. The minimum atomic E-state index is -0.308. The third-order valence-corrected chi connectivity index (χ3v) is 6.07. The van der Waals surface area contributed by atoms with Gasteiger partial charge < -0.3 is 10.2 Å². The van der Waals surface area contributed by atoms with Crippen LogP contribution in [0, 0.1) is 0 Å². The molecule has 2 heterocycles. The van der Waals surface area contributed by atoms with E-state index in [2.05, 4.69) is 58.3 Å². The van der Waals surface area contributed by atoms with Crippen molar-refractivity contribution < 1.29 is 10.2 Å². The molecule has 0 radical (unpaired) electrons. The fraction of sp³-hybridized carbons (Fsp3) is 0.478. The van der Waals surface area contributed by atoms with Crippen molar-refractivity contribution in [2.75, 3.05) is 26.2 Å². The van der Waals surface area contributed by atoms with Crippen molar-refractivity contribution in [3.05, 3.63) is 60.2 Å². The van der Waals surface area contributed by atoms with Crippen LogP contribution in [-0.2, 0) is 6.54 Å². The summed E-state index contributed by atoms with van der Waals surface area (Å²) in [5.74, 6) is 0. The Balaban J connectivity index is 1.32. The van der Waals surface area contributed by atoms with Crippen LogP contribution in [0.4, 0.5) is 0 Å². The van der Waals surface area contributed by atoms with Gasteiger partial charge >= 0.3 is 0 Å². The number of likely N-dealkylation sites (tertiary alicyclic amines) is 2. The largest absolute Gasteiger partial charge is 0.393 e. The van der Waals surface area contributed by atoms with E-state index in [1.807, 2.05) is 6.07 Å². The van der Waals surface area contributed by atoms with Crippen molar-refractivity contribution in [1.82, 2.24) is 9.80 Å². The summed E-state index contributed by atoms with van der Waals surface area (Å²) in [5.41, 5.74) is 3.78. The van der Waals surface area contributed by atoms with E-state index in [4.69, 9.17) is 0 Å². The van der Waals surface area contributed by atoms with Crippen molar-refractivity contribution in [2.24, 2.45) is 0 Å². The number of β-amino-alcohol motifs (C(OH)–C–C–N with tert-alkyl or cyclic N) is 1. The third kappa shape index (κ3) is 4.58. The van der Waals surface area contributed by atoms with Gasteiger partial charge in [-0.2, -0.15) is 0 Å². The molecule has 0 spiro atoms. The zero-order valence-electron chi connectivity index (χ0n) is 15.9. The molecule has 0 unspecified atom stereocenters. The summed E-state index contributed by atoms with van der Waals surface area (Å²) in [6.45, 7) is 4.44. The average Bonchev–Trinajstić information content (AvgIpc) is 2.70. The first kappa shape index (κ1) is 18.6. The molecule has 0 amide bonds. The lowest BCUT2D eigenvalue weighted by atomic mass is 9.96. The van der Waals surface area contributed by atoms with Gasteiger partial charge in [-0.15, -0.1) is 0 Å². The molecule has 2 aromatic rings. The number of rotatable bonds is 4. The lowest BCUT2D eigenvalue weighted by Crippen LogP contribution is -2.55. The second-order valence-electron chi connectivity index (χ2n) is 7.99. The van der Waals surface area contributed by atoms with Gasteiger partial charge in [0.15, 0.2) is 0 Å². The predicted octanol–water partition coefficient (Wildman–Crippen LogP) is 2.75. The topological polar surface area (TPSA) is 46.9 Å². The molecule has 4 nitrogen and oxygen atoms in total. The van der Waals surface area contributed by atoms with Gasteiger partial charge in [-0.25, -0.2) is 0 Å². The number of nitrogens with zero attached hydrogens (tertiary/aromatic N) is 2. The number of piperidine rings is 2. The van der Waals surface area contributed by atoms with Crippen molar-refractivity contribution in [2.45, 2.75) is 44.1 Å². The zero-order chi connectivity index (χ0) is 18.6. The highest BCUT2D eigenvalue weighted by Gasteiger charge is 2.33. The summed E-state index contributed by atoms with van der Waals surface area (Å²) < 4.78 is 0. The fourth-order valence-electron chi connectivity index (χ4n) is 4.46. The highest BCUT2D eigenvalue weighted by molar-refractivity contribution is 5.63. The zero-order valence-corrected chi connectivity index (χ0v) is 15.9. The second-order valence-corrected chi connectivity index (χ2v) is 7.99. The van der Waals surface area contributed by atoms with Crippen molar-refractivity contribution >= 4 is 0 Å². The Morgan fingerprint density at radius 2 is 1.44 bits per heavy atom. The molecule has 2 fully saturated rings. The van der Waals surface area contributed by atoms with Gasteiger partial charge in [-0.3, -0.25) is 9.80 Å². The molecule has 0 aromatic heterocycles. The second kappa shape index (κ2) is 8.53. The van der Waals surface area contributed by atoms with E-state index in [1.165, 1.54) is 16.7 Å². The highest BCUT2D eigenvalue weighted by Crippen LogP contribution is 2.24. The first-order valence-corrected chi connectivity index (χ1v) is 10.2. The smallest absolute Gasteiger partial charge is 0.0822 e. The first-order valence-electron chi connectivity index (χ1n) is 10.2. The maximum atomic E-state index is 10.7. The number of hydrogen-bond acceptors (Lipinski definition) is 4. The molecule has 144 valence electrons. The minimum absolute atomic E-state index is 0.155. The molecule has 0 aliphatic carbocycles. The molecule has 2 aromatic carbocycles. The van der Waals surface area contributed by atoms with Gasteiger partial charge in [0.25, 0.3) is 0 Å². The lowest BCUT2D eigenvalue weighted by Gasteiger charge is -2.43. The number of aliphatic hydroxyl groups excluding tert-OH is 2. The van der Waals surface area contributed by atoms with Crippen LogP contribution in [0.2, 0.25) is 0 Å². The van der Waals surface area contributed by atoms with E-state index >= 15 is 0 Å². The Labute approximate surface area is 162 Å². The van der Waals surface area contributed by atoms with E-state index < -0.39 is 0 Å². The van der Waals surface area contributed by atoms with E-state index in [0.717, 1.165) is 52.0 Å². The quantitative estimate of drug-likeness (QED) is 0.874. The first-order chi connectivity index (χ1) is 13.2. The fourth-order valence-corrected chi connectivity index (χ4v) is 4.46. The Kier molecular flexibility index (Phi) is 5.89. The van der Waals surface area contributed by atoms with Crippen molar-refractivity contribution in [3.63, 3.8) is 0 Å². The molecule has 27 heavy (non-hydrogen) atoms. The maximum absolute atomic E-state index is 10.7. The predicted molar refractivity (Wildman–Crippen MR) is 108 cm³/mol. The number of aliphatic hydroxyl groups is 2. The summed E-state index contributed by atoms with van der Waals surface area (Å²) >= 11 is 0. The molecule has 2 saturated heterocycles. The Morgan fingerprint density at radius 3 is 2.11 bits per heavy atom. The van der Waals surface area contributed by atoms with Crippen molar-refractivity contribution in [3.8, 4) is 11.1 Å². The summed E-state index contributed by atoms with van der Waals surface area (Å²) in [6, 6.07) is 19.5. The Bertz CT molecular complexity index is 711. The van der Waals surface area contributed by atoms with Crippen LogP contribution < -0.4 is 0 Å². The molecule has 4 rings (SSSR count). The summed E-state index contributed by atoms with van der Waals surface area (Å²) in [5, 5.41) is 20.4. The standard InChI is InChI=1S/C23H30N2O2/c26-21-10-14-25(15-11-21)22-12-13-24(17-23(22)27)16-18-6-8-20(9-7-18)19-4-2-1-3-5-19/h1-9,21-23,26-27H,10-17H2/t22-,23-/m1/s1. The van der Waals surface area contributed by atoms with Gasteiger partial charge in [0.1, 0.15) is 0 Å². The van der Waals surface area contributed by atoms with Gasteiger partial charge in [0.05, 0.1) is 12.2 Å². The van der Waals surface area contributed by atoms with E-state index in [0.29, 0.717) is 0 Å². The number of benzene rings is 2. The lowest BCUT2D eigenvalue weighted by molar-refractivity contribution is -0.0355. The minimum Gasteiger partial charge on any atom is -0.393 e. The highest BCUT2D eigenvalue weighted by atomic mass is 16.3.